The Kier molecular flexibility index (Phi) is 14.4. The van der Waals surface area contributed by atoms with Gasteiger partial charge in [0.2, 0.25) is 17.6 Å². The summed E-state index contributed by atoms with van der Waals surface area (Å²) in [6, 6.07) is 26.0. The number of nitrogens with two attached hydrogens (primary N) is 1. The second kappa shape index (κ2) is 20.2. The van der Waals surface area contributed by atoms with E-state index in [2.05, 4.69) is 20.9 Å². The zero-order valence-corrected chi connectivity index (χ0v) is 32.2. The molecule has 4 amide bonds. The molecule has 1 aliphatic heterocycles. The minimum absolute atomic E-state index is 0.0167. The normalized spacial score (nSPS) is 16.1. The third-order valence-electron chi connectivity index (χ3n) is 9.56. The van der Waals surface area contributed by atoms with Gasteiger partial charge in [-0.25, -0.2) is 14.6 Å². The number of likely N-dealkylation sites (tertiary alicyclic amines) is 1. The maximum Gasteiger partial charge on any atom is 0.408 e. The minimum Gasteiger partial charge on any atom is -0.445 e. The maximum absolute atomic E-state index is 14.6. The van der Waals surface area contributed by atoms with Crippen LogP contribution in [0.15, 0.2) is 107 Å². The zero-order valence-electron chi connectivity index (χ0n) is 31.3. The van der Waals surface area contributed by atoms with Crippen LogP contribution in [0, 0.1) is 0 Å². The van der Waals surface area contributed by atoms with Crippen molar-refractivity contribution in [3.63, 3.8) is 0 Å². The summed E-state index contributed by atoms with van der Waals surface area (Å²) in [6.45, 7) is 0.482. The van der Waals surface area contributed by atoms with Crippen molar-refractivity contribution in [1.29, 1.82) is 0 Å². The van der Waals surface area contributed by atoms with Gasteiger partial charge in [-0.05, 0) is 73.4 Å². The van der Waals surface area contributed by atoms with E-state index in [1.807, 2.05) is 78.2 Å². The van der Waals surface area contributed by atoms with Gasteiger partial charge in [0, 0.05) is 11.3 Å². The number of rotatable bonds is 18. The SMILES string of the molecule is NCCCC[C@H](NC(=O)[C@@H]1C[C@@H](OC(=O)NCc2cccs2)CN1C(=O)[C@@H](CCc1ccccc1)NC(=O)OCc1ccccc1)C(=O)c1nc2ccccc2o1. The summed E-state index contributed by atoms with van der Waals surface area (Å²) < 4.78 is 17.0. The van der Waals surface area contributed by atoms with E-state index in [9.17, 15) is 24.0 Å². The molecule has 2 aromatic heterocycles. The van der Waals surface area contributed by atoms with Gasteiger partial charge in [-0.3, -0.25) is 14.4 Å². The lowest BCUT2D eigenvalue weighted by molar-refractivity contribution is -0.140. The Morgan fingerprint density at radius 3 is 2.30 bits per heavy atom. The van der Waals surface area contributed by atoms with Crippen LogP contribution in [0.2, 0.25) is 0 Å². The molecular weight excluding hydrogens is 749 g/mol. The molecule has 1 aliphatic rings. The number of thiophene rings is 1. The van der Waals surface area contributed by atoms with Crippen LogP contribution in [-0.4, -0.2) is 77.0 Å². The number of nitrogens with one attached hydrogen (secondary N) is 3. The van der Waals surface area contributed by atoms with Gasteiger partial charge < -0.3 is 40.5 Å². The maximum atomic E-state index is 14.6. The van der Waals surface area contributed by atoms with E-state index in [1.165, 1.54) is 16.2 Å². The Hall–Kier alpha value is -6.06. The van der Waals surface area contributed by atoms with Crippen LogP contribution in [0.5, 0.6) is 0 Å². The highest BCUT2D eigenvalue weighted by Crippen LogP contribution is 2.25. The predicted octanol–water partition coefficient (Wildman–Crippen LogP) is 5.51. The molecule has 5 N–H and O–H groups in total. The largest absolute Gasteiger partial charge is 0.445 e. The van der Waals surface area contributed by atoms with Crippen molar-refractivity contribution in [2.24, 2.45) is 5.73 Å². The second-order valence-electron chi connectivity index (χ2n) is 13.7. The van der Waals surface area contributed by atoms with Crippen molar-refractivity contribution in [1.82, 2.24) is 25.8 Å². The van der Waals surface area contributed by atoms with Crippen LogP contribution in [0.4, 0.5) is 9.59 Å². The fourth-order valence-electron chi connectivity index (χ4n) is 6.62. The number of para-hydroxylation sites is 2. The molecule has 14 nitrogen and oxygen atoms in total. The van der Waals surface area contributed by atoms with Gasteiger partial charge in [-0.15, -0.1) is 11.3 Å². The van der Waals surface area contributed by atoms with Crippen LogP contribution in [0.25, 0.3) is 11.1 Å². The van der Waals surface area contributed by atoms with E-state index in [-0.39, 0.29) is 44.8 Å². The quantitative estimate of drug-likeness (QED) is 0.0649. The number of amides is 4. The molecule has 6 rings (SSSR count). The highest BCUT2D eigenvalue weighted by atomic mass is 32.1. The van der Waals surface area contributed by atoms with E-state index in [0.29, 0.717) is 36.9 Å². The highest BCUT2D eigenvalue weighted by Gasteiger charge is 2.44. The molecular formula is C42H46N6O8S. The number of fused-ring (bicyclic) bond motifs is 1. The van der Waals surface area contributed by atoms with Crippen LogP contribution in [-0.2, 0) is 38.6 Å². The van der Waals surface area contributed by atoms with Crippen molar-refractivity contribution in [2.75, 3.05) is 13.1 Å². The number of oxazole rings is 1. The summed E-state index contributed by atoms with van der Waals surface area (Å²) >= 11 is 1.48. The number of unbranched alkanes of at least 4 members (excludes halogenated alkanes) is 1. The average molecular weight is 795 g/mol. The van der Waals surface area contributed by atoms with Gasteiger partial charge >= 0.3 is 12.2 Å². The van der Waals surface area contributed by atoms with Crippen LogP contribution < -0.4 is 21.7 Å². The van der Waals surface area contributed by atoms with Gasteiger partial charge in [0.15, 0.2) is 5.58 Å². The van der Waals surface area contributed by atoms with Crippen molar-refractivity contribution < 1.29 is 37.9 Å². The molecule has 0 unspecified atom stereocenters. The van der Waals surface area contributed by atoms with Crippen molar-refractivity contribution >= 4 is 52.2 Å². The van der Waals surface area contributed by atoms with Crippen molar-refractivity contribution in [3.05, 3.63) is 124 Å². The van der Waals surface area contributed by atoms with Gasteiger partial charge in [0.1, 0.15) is 30.3 Å². The minimum atomic E-state index is -1.16. The van der Waals surface area contributed by atoms with Crippen molar-refractivity contribution in [2.45, 2.75) is 75.9 Å². The van der Waals surface area contributed by atoms with Gasteiger partial charge in [0.25, 0.3) is 5.89 Å². The number of alkyl carbamates (subject to hydrolysis) is 2. The first-order valence-corrected chi connectivity index (χ1v) is 19.8. The fourth-order valence-corrected chi connectivity index (χ4v) is 7.26. The van der Waals surface area contributed by atoms with E-state index < -0.39 is 54.0 Å². The van der Waals surface area contributed by atoms with Crippen molar-refractivity contribution in [3.8, 4) is 0 Å². The standard InChI is InChI=1S/C42H46N6O8S/c43-22-10-9-18-33(37(49)39-46-32-17-7-8-19-36(32)56-39)45-38(50)35-24-30(55-41(52)44-25-31-16-11-23-57-31)26-48(35)40(51)34(21-20-28-12-3-1-4-13-28)47-42(53)54-27-29-14-5-2-6-15-29/h1-8,11-17,19,23,30,33-35H,9-10,18,20-22,24-27,43H2,(H,44,52)(H,45,50)(H,47,53)/t30-,33+,34-,35+/m1/s1. The lowest BCUT2D eigenvalue weighted by Crippen LogP contribution is -2.55. The smallest absolute Gasteiger partial charge is 0.408 e. The Morgan fingerprint density at radius 1 is 0.842 bits per heavy atom. The number of Topliss-reactive ketones (excluding diaryl/α,β-unsaturated/α-hetero) is 1. The number of carbonyl (C=O) groups is 5. The number of hydrogen-bond donors (Lipinski definition) is 4. The number of ether oxygens (including phenoxy) is 2. The molecule has 4 atom stereocenters. The predicted molar refractivity (Wildman–Crippen MR) is 213 cm³/mol. The molecule has 15 heteroatoms. The third-order valence-corrected chi connectivity index (χ3v) is 10.4. The van der Waals surface area contributed by atoms with E-state index >= 15 is 0 Å². The Bertz CT molecular complexity index is 2060. The highest BCUT2D eigenvalue weighted by molar-refractivity contribution is 7.09. The Labute approximate surface area is 334 Å². The summed E-state index contributed by atoms with van der Waals surface area (Å²) in [5.41, 5.74) is 8.37. The molecule has 0 bridgehead atoms. The van der Waals surface area contributed by atoms with E-state index in [4.69, 9.17) is 19.6 Å². The summed E-state index contributed by atoms with van der Waals surface area (Å²) in [5, 5.41) is 10.2. The molecule has 57 heavy (non-hydrogen) atoms. The number of nitrogens with zero attached hydrogens (tertiary/aromatic N) is 2. The third kappa shape index (κ3) is 11.5. The summed E-state index contributed by atoms with van der Waals surface area (Å²) in [7, 11) is 0. The Morgan fingerprint density at radius 2 is 1.58 bits per heavy atom. The first-order valence-electron chi connectivity index (χ1n) is 19.0. The van der Waals surface area contributed by atoms with Gasteiger partial charge in [0.05, 0.1) is 19.1 Å². The molecule has 0 aliphatic carbocycles. The molecule has 3 heterocycles. The number of ketones is 1. The molecule has 1 saturated heterocycles. The summed E-state index contributed by atoms with van der Waals surface area (Å²) in [5.74, 6) is -1.89. The van der Waals surface area contributed by atoms with Crippen LogP contribution in [0.3, 0.4) is 0 Å². The summed E-state index contributed by atoms with van der Waals surface area (Å²) in [6.07, 6.45) is -0.489. The lowest BCUT2D eigenvalue weighted by Gasteiger charge is -2.29. The van der Waals surface area contributed by atoms with Crippen LogP contribution in [0.1, 0.15) is 58.8 Å². The van der Waals surface area contributed by atoms with E-state index in [0.717, 1.165) is 16.0 Å². The number of carbonyl (C=O) groups excluding carboxylic acids is 5. The van der Waals surface area contributed by atoms with E-state index in [1.54, 1.807) is 24.3 Å². The molecule has 1 fully saturated rings. The summed E-state index contributed by atoms with van der Waals surface area (Å²) in [4.78, 5) is 75.4. The van der Waals surface area contributed by atoms with Gasteiger partial charge in [-0.1, -0.05) is 78.9 Å². The molecule has 3 aromatic carbocycles. The number of hydrogen-bond acceptors (Lipinski definition) is 11. The second-order valence-corrected chi connectivity index (χ2v) is 14.7. The first kappa shape index (κ1) is 40.6. The fraction of sp³-hybridized carbons (Fsp3) is 0.333. The number of benzene rings is 3. The zero-order chi connectivity index (χ0) is 40.0. The molecule has 5 aromatic rings. The topological polar surface area (TPSA) is 195 Å². The lowest BCUT2D eigenvalue weighted by atomic mass is 10.0. The molecule has 0 saturated carbocycles. The van der Waals surface area contributed by atoms with Crippen LogP contribution >= 0.6 is 11.3 Å². The molecule has 0 spiro atoms. The molecule has 0 radical (unpaired) electrons. The van der Waals surface area contributed by atoms with Gasteiger partial charge in [-0.2, -0.15) is 0 Å². The molecule has 298 valence electrons. The number of aromatic nitrogens is 1. The number of aryl methyl sites for hydroxylation is 1. The first-order chi connectivity index (χ1) is 27.8. The monoisotopic (exact) mass is 794 g/mol. The Balaban J connectivity index is 1.22. The average Bonchev–Trinajstić information content (AvgIpc) is 4.01.